The van der Waals surface area contributed by atoms with Crippen molar-refractivity contribution in [2.45, 2.75) is 0 Å². The third-order valence-corrected chi connectivity index (χ3v) is 10.4. The Morgan fingerprint density at radius 2 is 1.16 bits per heavy atom. The van der Waals surface area contributed by atoms with E-state index >= 15 is 0 Å². The van der Waals surface area contributed by atoms with Gasteiger partial charge in [0.15, 0.2) is 17.5 Å². The van der Waals surface area contributed by atoms with Gasteiger partial charge in [-0.25, -0.2) is 15.0 Å². The average molecular weight is 681 g/mol. The van der Waals surface area contributed by atoms with Gasteiger partial charge in [-0.1, -0.05) is 103 Å². The lowest BCUT2D eigenvalue weighted by molar-refractivity contribution is 0.669. The maximum atomic E-state index is 8.64. The van der Waals surface area contributed by atoms with Crippen molar-refractivity contribution in [1.82, 2.24) is 19.5 Å². The smallest absolute Gasteiger partial charge is 0.164 e. The fraction of sp³-hybridized carbons (Fsp3) is 0. The van der Waals surface area contributed by atoms with Crippen molar-refractivity contribution in [2.75, 3.05) is 0 Å². The summed E-state index contributed by atoms with van der Waals surface area (Å²) in [5.74, 6) is -0.715. The lowest BCUT2D eigenvalue weighted by atomic mass is 10.1. The number of benzene rings is 7. The molecular formula is C45H26N4OS. The predicted molar refractivity (Wildman–Crippen MR) is 211 cm³/mol. The number of aromatic nitrogens is 4. The normalized spacial score (nSPS) is 14.7. The monoisotopic (exact) mass is 680 g/mol. The lowest BCUT2D eigenvalue weighted by Gasteiger charge is -2.08. The third-order valence-electron chi connectivity index (χ3n) is 9.22. The van der Waals surface area contributed by atoms with E-state index in [1.165, 1.54) is 20.2 Å². The van der Waals surface area contributed by atoms with Crippen LogP contribution >= 0.6 is 11.3 Å². The summed E-state index contributed by atoms with van der Waals surface area (Å²) in [7, 11) is 0. The Kier molecular flexibility index (Phi) is 4.32. The minimum absolute atomic E-state index is 0.0424. The molecule has 0 fully saturated rings. The Balaban J connectivity index is 1.10. The molecule has 0 saturated heterocycles. The van der Waals surface area contributed by atoms with E-state index in [9.17, 15) is 0 Å². The summed E-state index contributed by atoms with van der Waals surface area (Å²) in [5, 5.41) is 6.34. The van der Waals surface area contributed by atoms with Gasteiger partial charge in [0.2, 0.25) is 0 Å². The Hall–Kier alpha value is -6.63. The fourth-order valence-electron chi connectivity index (χ4n) is 6.96. The number of furan rings is 1. The van der Waals surface area contributed by atoms with Crippen LogP contribution in [0.15, 0.2) is 162 Å². The molecule has 0 N–H and O–H groups in total. The largest absolute Gasteiger partial charge is 0.456 e. The molecule has 11 aromatic rings. The van der Waals surface area contributed by atoms with Crippen molar-refractivity contribution in [1.29, 1.82) is 0 Å². The first-order valence-electron chi connectivity index (χ1n) is 21.1. The Morgan fingerprint density at radius 3 is 1.92 bits per heavy atom. The van der Waals surface area contributed by atoms with Crippen LogP contribution in [0.2, 0.25) is 0 Å². The number of fused-ring (bicyclic) bond motifs is 9. The Bertz CT molecular complexity index is 3600. The third kappa shape index (κ3) is 4.43. The molecule has 0 spiro atoms. The molecule has 0 aliphatic rings. The summed E-state index contributed by atoms with van der Waals surface area (Å²) in [5.41, 5.74) is 3.89. The van der Waals surface area contributed by atoms with E-state index in [1.807, 2.05) is 24.3 Å². The molecule has 6 heteroatoms. The van der Waals surface area contributed by atoms with Crippen LogP contribution in [0.1, 0.15) is 13.7 Å². The van der Waals surface area contributed by atoms with E-state index < -0.39 is 60.4 Å². The van der Waals surface area contributed by atoms with Crippen molar-refractivity contribution in [3.63, 3.8) is 0 Å². The SMILES string of the molecule is [2H]c1c([2H])c([2H])c(-c2nc(-c3ccc4c(c3)oc3ccc(-n5c6ccccc6c6cc7sc8ccccc8c7cc65)cc34)nc(-c3c([2H])c([2H])c([2H])c([2H])c3[2H])n2)c([2H])c1[2H]. The van der Waals surface area contributed by atoms with Gasteiger partial charge in [0.1, 0.15) is 11.2 Å². The van der Waals surface area contributed by atoms with Crippen LogP contribution in [-0.2, 0) is 0 Å². The second kappa shape index (κ2) is 10.9. The van der Waals surface area contributed by atoms with Crippen LogP contribution < -0.4 is 0 Å². The number of hydrogen-bond donors (Lipinski definition) is 0. The van der Waals surface area contributed by atoms with Gasteiger partial charge in [0.25, 0.3) is 0 Å². The Labute approximate surface area is 309 Å². The highest BCUT2D eigenvalue weighted by atomic mass is 32.1. The molecule has 4 aromatic heterocycles. The van der Waals surface area contributed by atoms with Gasteiger partial charge in [0, 0.05) is 64.1 Å². The van der Waals surface area contributed by atoms with Crippen molar-refractivity contribution in [3.8, 4) is 39.9 Å². The highest BCUT2D eigenvalue weighted by molar-refractivity contribution is 7.25. The van der Waals surface area contributed by atoms with Crippen LogP contribution in [0.3, 0.4) is 0 Å². The molecule has 0 unspecified atom stereocenters. The summed E-state index contributed by atoms with van der Waals surface area (Å²) < 4.78 is 95.1. The second-order valence-electron chi connectivity index (χ2n) is 12.1. The van der Waals surface area contributed by atoms with Crippen molar-refractivity contribution >= 4 is 75.3 Å². The quantitative estimate of drug-likeness (QED) is 0.186. The fourth-order valence-corrected chi connectivity index (χ4v) is 8.09. The van der Waals surface area contributed by atoms with E-state index in [0.29, 0.717) is 16.7 Å². The summed E-state index contributed by atoms with van der Waals surface area (Å²) in [6, 6.07) is 26.8. The molecule has 0 radical (unpaired) electrons. The molecule has 0 saturated carbocycles. The second-order valence-corrected chi connectivity index (χ2v) is 13.2. The number of thiophene rings is 1. The van der Waals surface area contributed by atoms with E-state index in [-0.39, 0.29) is 28.6 Å². The highest BCUT2D eigenvalue weighted by Crippen LogP contribution is 2.41. The minimum atomic E-state index is -0.612. The van der Waals surface area contributed by atoms with E-state index in [2.05, 4.69) is 80.2 Å². The van der Waals surface area contributed by atoms with Crippen LogP contribution in [0.25, 0.3) is 104 Å². The molecule has 4 heterocycles. The maximum absolute atomic E-state index is 8.64. The summed E-state index contributed by atoms with van der Waals surface area (Å²) in [6.07, 6.45) is 0. The first-order chi connectivity index (χ1) is 29.4. The standard InChI is InChI=1S/C45H26N4OS/c1-3-11-27(12-4-1)43-46-44(28-13-5-2-6-14-28)48-45(47-43)29-19-21-32-35-24-30(20-22-39(35)50-40(32)23-29)49-37-17-9-7-15-31(37)34-26-42-36(25-38(34)49)33-16-8-10-18-41(33)51-42/h1-26H/i1D,2D,3D,4D,5D,6D,11D,12D,13D,14D. The molecule has 0 amide bonds. The van der Waals surface area contributed by atoms with Crippen molar-refractivity contribution < 1.29 is 18.1 Å². The van der Waals surface area contributed by atoms with Gasteiger partial charge in [-0.3, -0.25) is 0 Å². The lowest BCUT2D eigenvalue weighted by Crippen LogP contribution is -2.00. The van der Waals surface area contributed by atoms with Crippen LogP contribution in [-0.4, -0.2) is 19.5 Å². The molecule has 0 bridgehead atoms. The van der Waals surface area contributed by atoms with Crippen LogP contribution in [0, 0.1) is 0 Å². The van der Waals surface area contributed by atoms with Gasteiger partial charge in [0.05, 0.1) is 24.7 Å². The predicted octanol–water partition coefficient (Wildman–Crippen LogP) is 12.2. The number of nitrogens with zero attached hydrogens (tertiary/aromatic N) is 4. The van der Waals surface area contributed by atoms with Crippen LogP contribution in [0.5, 0.6) is 0 Å². The molecule has 0 atom stereocenters. The number of rotatable bonds is 4. The van der Waals surface area contributed by atoms with Crippen molar-refractivity contribution in [2.24, 2.45) is 0 Å². The van der Waals surface area contributed by atoms with E-state index in [4.69, 9.17) is 18.1 Å². The molecule has 0 aliphatic carbocycles. The first kappa shape index (κ1) is 20.1. The number of para-hydroxylation sites is 1. The number of hydrogen-bond acceptors (Lipinski definition) is 5. The summed E-state index contributed by atoms with van der Waals surface area (Å²) >= 11 is 1.79. The van der Waals surface area contributed by atoms with E-state index in [1.54, 1.807) is 23.5 Å². The average Bonchev–Trinajstić information content (AvgIpc) is 3.94. The van der Waals surface area contributed by atoms with Gasteiger partial charge < -0.3 is 8.98 Å². The topological polar surface area (TPSA) is 56.7 Å². The van der Waals surface area contributed by atoms with Gasteiger partial charge in [-0.15, -0.1) is 11.3 Å². The van der Waals surface area contributed by atoms with Crippen LogP contribution in [0.4, 0.5) is 0 Å². The molecule has 51 heavy (non-hydrogen) atoms. The zero-order valence-electron chi connectivity index (χ0n) is 36.3. The van der Waals surface area contributed by atoms with Gasteiger partial charge >= 0.3 is 0 Å². The van der Waals surface area contributed by atoms with Gasteiger partial charge in [-0.2, -0.15) is 0 Å². The molecular weight excluding hydrogens is 645 g/mol. The van der Waals surface area contributed by atoms with Gasteiger partial charge in [-0.05, 0) is 54.6 Å². The maximum Gasteiger partial charge on any atom is 0.164 e. The highest BCUT2D eigenvalue weighted by Gasteiger charge is 2.18. The zero-order valence-corrected chi connectivity index (χ0v) is 27.2. The molecule has 0 aliphatic heterocycles. The molecule has 5 nitrogen and oxygen atoms in total. The van der Waals surface area contributed by atoms with E-state index in [0.717, 1.165) is 38.3 Å². The zero-order chi connectivity index (χ0) is 42.2. The first-order valence-corrected chi connectivity index (χ1v) is 16.9. The summed E-state index contributed by atoms with van der Waals surface area (Å²) in [6.45, 7) is 0. The molecule has 11 rings (SSSR count). The minimum Gasteiger partial charge on any atom is -0.456 e. The summed E-state index contributed by atoms with van der Waals surface area (Å²) in [4.78, 5) is 13.5. The Morgan fingerprint density at radius 1 is 0.471 bits per heavy atom. The molecule has 7 aromatic carbocycles. The van der Waals surface area contributed by atoms with Crippen molar-refractivity contribution in [3.05, 3.63) is 157 Å². The molecule has 238 valence electrons.